The minimum Gasteiger partial charge on any atom is -0.481 e. The monoisotopic (exact) mass is 489 g/mol. The third-order valence-corrected chi connectivity index (χ3v) is 6.20. The lowest BCUT2D eigenvalue weighted by Gasteiger charge is -2.30. The lowest BCUT2D eigenvalue weighted by atomic mass is 9.97. The molecule has 36 heavy (non-hydrogen) atoms. The first-order valence-corrected chi connectivity index (χ1v) is 11.1. The number of fused-ring (bicyclic) bond motifs is 1. The summed E-state index contributed by atoms with van der Waals surface area (Å²) < 4.78 is 5.69. The van der Waals surface area contributed by atoms with Crippen LogP contribution in [0, 0.1) is 16.0 Å². The highest BCUT2D eigenvalue weighted by atomic mass is 16.6. The van der Waals surface area contributed by atoms with E-state index in [2.05, 4.69) is 9.97 Å². The maximum absolute atomic E-state index is 12.7. The predicted octanol–water partition coefficient (Wildman–Crippen LogP) is 3.28. The van der Waals surface area contributed by atoms with Crippen molar-refractivity contribution in [2.75, 3.05) is 22.9 Å². The van der Waals surface area contributed by atoms with E-state index in [0.29, 0.717) is 42.7 Å². The molecule has 2 aromatic carbocycles. The van der Waals surface area contributed by atoms with Crippen LogP contribution >= 0.6 is 0 Å². The van der Waals surface area contributed by atoms with Crippen LogP contribution in [0.2, 0.25) is 0 Å². The molecule has 2 aliphatic heterocycles. The number of rotatable bonds is 6. The Hall–Kier alpha value is -4.87. The number of amides is 2. The minimum atomic E-state index is -0.888. The van der Waals surface area contributed by atoms with Gasteiger partial charge < -0.3 is 14.7 Å². The van der Waals surface area contributed by atoms with Gasteiger partial charge >= 0.3 is 17.5 Å². The number of carbonyl (C=O) groups excluding carboxylic acids is 2. The maximum Gasteiger partial charge on any atom is 0.373 e. The van der Waals surface area contributed by atoms with Crippen molar-refractivity contribution in [1.82, 2.24) is 9.97 Å². The van der Waals surface area contributed by atoms with Crippen LogP contribution in [0.4, 0.5) is 17.2 Å². The molecule has 0 unspecified atom stereocenters. The van der Waals surface area contributed by atoms with Gasteiger partial charge in [0, 0.05) is 13.1 Å². The molecule has 0 spiro atoms. The number of aliphatic carboxylic acids is 1. The molecule has 0 saturated carbocycles. The number of imide groups is 1. The Morgan fingerprint density at radius 2 is 1.61 bits per heavy atom. The van der Waals surface area contributed by atoms with Crippen molar-refractivity contribution in [3.8, 4) is 11.6 Å². The number of ether oxygens (including phenoxy) is 1. The number of carbonyl (C=O) groups is 3. The van der Waals surface area contributed by atoms with Crippen LogP contribution in [-0.2, 0) is 4.79 Å². The van der Waals surface area contributed by atoms with Gasteiger partial charge in [-0.15, -0.1) is 0 Å². The highest BCUT2D eigenvalue weighted by molar-refractivity contribution is 6.34. The molecule has 1 N–H and O–H groups in total. The second kappa shape index (κ2) is 9.06. The molecule has 3 aromatic rings. The molecule has 0 aliphatic carbocycles. The maximum atomic E-state index is 12.7. The minimum absolute atomic E-state index is 0.0523. The number of piperidine rings is 1. The van der Waals surface area contributed by atoms with E-state index >= 15 is 0 Å². The average Bonchev–Trinajstić information content (AvgIpc) is 3.14. The van der Waals surface area contributed by atoms with E-state index in [1.54, 1.807) is 29.2 Å². The first kappa shape index (κ1) is 22.9. The summed E-state index contributed by atoms with van der Waals surface area (Å²) in [5, 5.41) is 21.1. The van der Waals surface area contributed by atoms with Gasteiger partial charge in [0.15, 0.2) is 0 Å². The normalized spacial score (nSPS) is 15.7. The van der Waals surface area contributed by atoms with Crippen molar-refractivity contribution in [3.05, 3.63) is 76.1 Å². The summed E-state index contributed by atoms with van der Waals surface area (Å²) in [6.45, 7) is 0.590. The van der Waals surface area contributed by atoms with Gasteiger partial charge in [0.25, 0.3) is 11.8 Å². The van der Waals surface area contributed by atoms with Gasteiger partial charge in [0.05, 0.1) is 27.7 Å². The third kappa shape index (κ3) is 3.98. The number of anilines is 2. The molecule has 12 nitrogen and oxygen atoms in total. The Bertz CT molecular complexity index is 1350. The quantitative estimate of drug-likeness (QED) is 0.310. The zero-order chi connectivity index (χ0) is 25.4. The van der Waals surface area contributed by atoms with Crippen molar-refractivity contribution in [3.63, 3.8) is 0 Å². The number of nitro groups is 1. The van der Waals surface area contributed by atoms with E-state index in [4.69, 9.17) is 4.74 Å². The molecule has 1 fully saturated rings. The molecule has 12 heteroatoms. The average molecular weight is 489 g/mol. The van der Waals surface area contributed by atoms with E-state index in [-0.39, 0.29) is 17.4 Å². The largest absolute Gasteiger partial charge is 0.481 e. The van der Waals surface area contributed by atoms with Crippen molar-refractivity contribution in [1.29, 1.82) is 0 Å². The fourth-order valence-corrected chi connectivity index (χ4v) is 4.36. The van der Waals surface area contributed by atoms with Crippen molar-refractivity contribution in [2.24, 2.45) is 5.92 Å². The molecule has 1 aromatic heterocycles. The van der Waals surface area contributed by atoms with Gasteiger partial charge in [-0.1, -0.05) is 12.1 Å². The van der Waals surface area contributed by atoms with Crippen LogP contribution in [0.25, 0.3) is 0 Å². The standard InChI is InChI=1S/C24H19N5O7/c30-22-17-3-1-2-4-18(17)23(31)28(22)15-5-7-16(8-6-15)36-21-19(29(34)35)20(25-13-26-21)27-11-9-14(10-12-27)24(32)33/h1-8,13-14H,9-12H2,(H,32,33). The summed E-state index contributed by atoms with van der Waals surface area (Å²) in [5.74, 6) is -2.29. The second-order valence-corrected chi connectivity index (χ2v) is 8.29. The van der Waals surface area contributed by atoms with E-state index in [1.807, 2.05) is 0 Å². The van der Waals surface area contributed by atoms with Crippen LogP contribution in [0.3, 0.4) is 0 Å². The number of hydrogen-bond acceptors (Lipinski definition) is 9. The molecule has 1 saturated heterocycles. The SMILES string of the molecule is O=C(O)C1CCN(c2ncnc(Oc3ccc(N4C(=O)c5ccccc5C4=O)cc3)c2[N+](=O)[O-])CC1. The van der Waals surface area contributed by atoms with Crippen molar-refractivity contribution < 1.29 is 29.2 Å². The molecule has 2 amide bonds. The summed E-state index contributed by atoms with van der Waals surface area (Å²) >= 11 is 0. The summed E-state index contributed by atoms with van der Waals surface area (Å²) in [6.07, 6.45) is 1.83. The smallest absolute Gasteiger partial charge is 0.373 e. The summed E-state index contributed by atoms with van der Waals surface area (Å²) in [7, 11) is 0. The Labute approximate surface area is 203 Å². The Balaban J connectivity index is 1.37. The molecule has 5 rings (SSSR count). The van der Waals surface area contributed by atoms with Crippen molar-refractivity contribution >= 4 is 35.0 Å². The van der Waals surface area contributed by atoms with Crippen LogP contribution in [0.1, 0.15) is 33.6 Å². The fraction of sp³-hybridized carbons (Fsp3) is 0.208. The Morgan fingerprint density at radius 3 is 2.17 bits per heavy atom. The molecule has 182 valence electrons. The van der Waals surface area contributed by atoms with Crippen LogP contribution in [0.5, 0.6) is 11.6 Å². The van der Waals surface area contributed by atoms with Gasteiger partial charge in [-0.2, -0.15) is 4.98 Å². The second-order valence-electron chi connectivity index (χ2n) is 8.29. The fourth-order valence-electron chi connectivity index (χ4n) is 4.36. The van der Waals surface area contributed by atoms with Gasteiger partial charge in [-0.05, 0) is 49.2 Å². The molecule has 3 heterocycles. The zero-order valence-corrected chi connectivity index (χ0v) is 18.7. The highest BCUT2D eigenvalue weighted by Crippen LogP contribution is 2.38. The van der Waals surface area contributed by atoms with E-state index in [9.17, 15) is 29.6 Å². The number of nitrogens with zero attached hydrogens (tertiary/aromatic N) is 5. The Morgan fingerprint density at radius 1 is 1.00 bits per heavy atom. The summed E-state index contributed by atoms with van der Waals surface area (Å²) in [6, 6.07) is 12.5. The number of aromatic nitrogens is 2. The number of benzene rings is 2. The molecule has 0 radical (unpaired) electrons. The molecular formula is C24H19N5O7. The van der Waals surface area contributed by atoms with Gasteiger partial charge in [-0.3, -0.25) is 24.5 Å². The van der Waals surface area contributed by atoms with Gasteiger partial charge in [0.2, 0.25) is 5.82 Å². The van der Waals surface area contributed by atoms with Crippen LogP contribution in [0.15, 0.2) is 54.9 Å². The van der Waals surface area contributed by atoms with Crippen LogP contribution in [-0.4, -0.2) is 50.9 Å². The molecular weight excluding hydrogens is 470 g/mol. The number of hydrogen-bond donors (Lipinski definition) is 1. The molecule has 0 atom stereocenters. The first-order chi connectivity index (χ1) is 17.3. The lowest BCUT2D eigenvalue weighted by molar-refractivity contribution is -0.385. The van der Waals surface area contributed by atoms with E-state index in [1.165, 1.54) is 24.3 Å². The highest BCUT2D eigenvalue weighted by Gasteiger charge is 2.36. The topological polar surface area (TPSA) is 156 Å². The zero-order valence-electron chi connectivity index (χ0n) is 18.7. The molecule has 0 bridgehead atoms. The van der Waals surface area contributed by atoms with Gasteiger partial charge in [-0.25, -0.2) is 9.88 Å². The summed E-state index contributed by atoms with van der Waals surface area (Å²) in [4.78, 5) is 58.6. The molecule has 2 aliphatic rings. The summed E-state index contributed by atoms with van der Waals surface area (Å²) in [5.41, 5.74) is 0.530. The number of carboxylic acid groups (broad SMARTS) is 1. The third-order valence-electron chi connectivity index (χ3n) is 6.20. The van der Waals surface area contributed by atoms with Gasteiger partial charge in [0.1, 0.15) is 12.1 Å². The first-order valence-electron chi connectivity index (χ1n) is 11.1. The van der Waals surface area contributed by atoms with E-state index in [0.717, 1.165) is 11.2 Å². The van der Waals surface area contributed by atoms with E-state index < -0.39 is 34.3 Å². The Kier molecular flexibility index (Phi) is 5.76. The number of carboxylic acids is 1. The predicted molar refractivity (Wildman–Crippen MR) is 125 cm³/mol. The van der Waals surface area contributed by atoms with Crippen molar-refractivity contribution in [2.45, 2.75) is 12.8 Å². The lowest BCUT2D eigenvalue weighted by Crippen LogP contribution is -2.37. The van der Waals surface area contributed by atoms with Crippen LogP contribution < -0.4 is 14.5 Å².